The van der Waals surface area contributed by atoms with Crippen molar-refractivity contribution < 1.29 is 9.90 Å². The highest BCUT2D eigenvalue weighted by molar-refractivity contribution is 7.21. The number of hydrogen-bond acceptors (Lipinski definition) is 5. The molecule has 5 nitrogen and oxygen atoms in total. The Balaban J connectivity index is 2.20. The number of fused-ring (bicyclic) bond motifs is 2. The number of aromatic nitrogens is 1. The van der Waals surface area contributed by atoms with Crippen LogP contribution in [0.4, 0.5) is 5.69 Å². The number of carboxylic acids is 1. The molecule has 0 aliphatic carbocycles. The van der Waals surface area contributed by atoms with Crippen LogP contribution in [0.15, 0.2) is 6.07 Å². The molecule has 3 heterocycles. The van der Waals surface area contributed by atoms with Crippen molar-refractivity contribution in [1.29, 1.82) is 0 Å². The molecule has 0 saturated heterocycles. The fourth-order valence-corrected chi connectivity index (χ4v) is 3.52. The minimum atomic E-state index is -0.985. The Hall–Kier alpha value is -1.66. The second-order valence-electron chi connectivity index (χ2n) is 5.94. The molecule has 0 amide bonds. The van der Waals surface area contributed by atoms with Gasteiger partial charge in [-0.2, -0.15) is 0 Å². The Kier molecular flexibility index (Phi) is 2.78. The van der Waals surface area contributed by atoms with Gasteiger partial charge in [0.15, 0.2) is 0 Å². The van der Waals surface area contributed by atoms with Crippen LogP contribution in [0.25, 0.3) is 10.2 Å². The van der Waals surface area contributed by atoms with E-state index in [2.05, 4.69) is 30.8 Å². The Morgan fingerprint density at radius 1 is 1.55 bits per heavy atom. The molecule has 6 heteroatoms. The zero-order chi connectivity index (χ0) is 14.7. The van der Waals surface area contributed by atoms with E-state index < -0.39 is 5.97 Å². The molecule has 106 valence electrons. The third-order valence-corrected chi connectivity index (χ3v) is 5.23. The van der Waals surface area contributed by atoms with Gasteiger partial charge in [0.1, 0.15) is 9.71 Å². The predicted octanol–water partition coefficient (Wildman–Crippen LogP) is 2.34. The van der Waals surface area contributed by atoms with E-state index in [1.165, 1.54) is 0 Å². The molecule has 1 aliphatic rings. The largest absolute Gasteiger partial charge is 0.477 e. The maximum absolute atomic E-state index is 11.2. The summed E-state index contributed by atoms with van der Waals surface area (Å²) in [6, 6.07) is 2.00. The van der Waals surface area contributed by atoms with E-state index in [-0.39, 0.29) is 10.4 Å². The highest BCUT2D eigenvalue weighted by atomic mass is 32.1. The van der Waals surface area contributed by atoms with Gasteiger partial charge >= 0.3 is 5.97 Å². The second kappa shape index (κ2) is 4.17. The molecule has 1 aliphatic heterocycles. The monoisotopic (exact) mass is 291 g/mol. The van der Waals surface area contributed by atoms with E-state index >= 15 is 0 Å². The molecule has 3 N–H and O–H groups in total. The lowest BCUT2D eigenvalue weighted by atomic mass is 9.89. The lowest BCUT2D eigenvalue weighted by Crippen LogP contribution is -2.46. The van der Waals surface area contributed by atoms with Gasteiger partial charge in [0, 0.05) is 29.6 Å². The van der Waals surface area contributed by atoms with Crippen LogP contribution in [0, 0.1) is 0 Å². The van der Waals surface area contributed by atoms with Crippen LogP contribution in [0.3, 0.4) is 0 Å². The van der Waals surface area contributed by atoms with E-state index in [4.69, 9.17) is 10.8 Å². The standard InChI is InChI=1S/C14H17N3O2S/c1-14(2)5-9-7(6-17(14)3)4-8-10(15)11(13(18)19)20-12(8)16-9/h4H,5-6,15H2,1-3H3,(H,18,19). The van der Waals surface area contributed by atoms with Gasteiger partial charge in [0.05, 0.1) is 5.69 Å². The van der Waals surface area contributed by atoms with Gasteiger partial charge in [0.25, 0.3) is 0 Å². The first-order valence-corrected chi connectivity index (χ1v) is 7.26. The van der Waals surface area contributed by atoms with Gasteiger partial charge < -0.3 is 10.8 Å². The maximum atomic E-state index is 11.2. The number of pyridine rings is 1. The SMILES string of the molecule is CN1Cc2cc3c(N)c(C(=O)O)sc3nc2CC1(C)C. The average Bonchev–Trinajstić information content (AvgIpc) is 2.65. The van der Waals surface area contributed by atoms with Crippen molar-refractivity contribution in [3.05, 3.63) is 22.2 Å². The zero-order valence-corrected chi connectivity index (χ0v) is 12.5. The highest BCUT2D eigenvalue weighted by Gasteiger charge is 2.31. The first-order chi connectivity index (χ1) is 9.29. The highest BCUT2D eigenvalue weighted by Crippen LogP contribution is 2.37. The number of aromatic carboxylic acids is 1. The first-order valence-electron chi connectivity index (χ1n) is 6.45. The first kappa shape index (κ1) is 13.3. The fourth-order valence-electron chi connectivity index (χ4n) is 2.58. The predicted molar refractivity (Wildman–Crippen MR) is 80.2 cm³/mol. The third-order valence-electron chi connectivity index (χ3n) is 4.12. The topological polar surface area (TPSA) is 79.5 Å². The molecule has 2 aromatic rings. The smallest absolute Gasteiger partial charge is 0.348 e. The van der Waals surface area contributed by atoms with Crippen LogP contribution >= 0.6 is 11.3 Å². The number of thiophene rings is 1. The molecular weight excluding hydrogens is 274 g/mol. The Labute approximate surface area is 121 Å². The van der Waals surface area contributed by atoms with Gasteiger partial charge in [-0.05, 0) is 32.5 Å². The molecule has 0 unspecified atom stereocenters. The van der Waals surface area contributed by atoms with Crippen LogP contribution in [-0.2, 0) is 13.0 Å². The molecule has 20 heavy (non-hydrogen) atoms. The number of nitrogen functional groups attached to an aromatic ring is 1. The summed E-state index contributed by atoms with van der Waals surface area (Å²) in [4.78, 5) is 19.0. The maximum Gasteiger partial charge on any atom is 0.348 e. The summed E-state index contributed by atoms with van der Waals surface area (Å²) in [6.45, 7) is 5.18. The van der Waals surface area contributed by atoms with Crippen LogP contribution in [-0.4, -0.2) is 33.5 Å². The Bertz CT molecular complexity index is 721. The van der Waals surface area contributed by atoms with Gasteiger partial charge in [-0.15, -0.1) is 11.3 Å². The number of carbonyl (C=O) groups is 1. The van der Waals surface area contributed by atoms with Crippen LogP contribution in [0.2, 0.25) is 0 Å². The van der Waals surface area contributed by atoms with Gasteiger partial charge in [-0.25, -0.2) is 9.78 Å². The molecule has 0 aromatic carbocycles. The van der Waals surface area contributed by atoms with Crippen molar-refractivity contribution in [3.63, 3.8) is 0 Å². The van der Waals surface area contributed by atoms with Crippen molar-refractivity contribution in [2.75, 3.05) is 12.8 Å². The van der Waals surface area contributed by atoms with E-state index in [1.54, 1.807) is 0 Å². The summed E-state index contributed by atoms with van der Waals surface area (Å²) in [5.41, 5.74) is 8.53. The molecular formula is C14H17N3O2S. The summed E-state index contributed by atoms with van der Waals surface area (Å²) >= 11 is 1.16. The number of likely N-dealkylation sites (N-methyl/N-ethyl adjacent to an activating group) is 1. The second-order valence-corrected chi connectivity index (χ2v) is 6.94. The third kappa shape index (κ3) is 1.87. The van der Waals surface area contributed by atoms with Crippen molar-refractivity contribution in [2.24, 2.45) is 0 Å². The van der Waals surface area contributed by atoms with E-state index in [1.807, 2.05) is 6.07 Å². The minimum Gasteiger partial charge on any atom is -0.477 e. The molecule has 0 fully saturated rings. The van der Waals surface area contributed by atoms with Crippen LogP contribution in [0.5, 0.6) is 0 Å². The summed E-state index contributed by atoms with van der Waals surface area (Å²) < 4.78 is 0. The number of anilines is 1. The molecule has 2 aromatic heterocycles. The Morgan fingerprint density at radius 3 is 2.90 bits per heavy atom. The molecule has 0 bridgehead atoms. The lowest BCUT2D eigenvalue weighted by molar-refractivity contribution is 0.0703. The average molecular weight is 291 g/mol. The summed E-state index contributed by atoms with van der Waals surface area (Å²) in [6.07, 6.45) is 0.856. The molecule has 0 saturated carbocycles. The molecule has 3 rings (SSSR count). The normalized spacial score (nSPS) is 18.1. The number of hydrogen-bond donors (Lipinski definition) is 2. The molecule has 0 atom stereocenters. The van der Waals surface area contributed by atoms with Crippen molar-refractivity contribution >= 4 is 33.2 Å². The Morgan fingerprint density at radius 2 is 2.25 bits per heavy atom. The number of nitrogens with zero attached hydrogens (tertiary/aromatic N) is 2. The number of carboxylic acid groups (broad SMARTS) is 1. The van der Waals surface area contributed by atoms with E-state index in [9.17, 15) is 4.79 Å². The lowest BCUT2D eigenvalue weighted by Gasteiger charge is -2.40. The number of nitrogens with two attached hydrogens (primary N) is 1. The van der Waals surface area contributed by atoms with Gasteiger partial charge in [-0.1, -0.05) is 0 Å². The molecule has 0 radical (unpaired) electrons. The van der Waals surface area contributed by atoms with Gasteiger partial charge in [-0.3, -0.25) is 4.90 Å². The quantitative estimate of drug-likeness (QED) is 0.843. The van der Waals surface area contributed by atoms with Crippen molar-refractivity contribution in [2.45, 2.75) is 32.4 Å². The van der Waals surface area contributed by atoms with Crippen LogP contribution < -0.4 is 5.73 Å². The fraction of sp³-hybridized carbons (Fsp3) is 0.429. The van der Waals surface area contributed by atoms with E-state index in [0.29, 0.717) is 5.69 Å². The summed E-state index contributed by atoms with van der Waals surface area (Å²) in [5, 5.41) is 9.91. The van der Waals surface area contributed by atoms with Gasteiger partial charge in [0.2, 0.25) is 0 Å². The van der Waals surface area contributed by atoms with E-state index in [0.717, 1.165) is 45.8 Å². The minimum absolute atomic E-state index is 0.0616. The number of rotatable bonds is 1. The van der Waals surface area contributed by atoms with Crippen molar-refractivity contribution in [1.82, 2.24) is 9.88 Å². The summed E-state index contributed by atoms with van der Waals surface area (Å²) in [5.74, 6) is -0.985. The summed E-state index contributed by atoms with van der Waals surface area (Å²) in [7, 11) is 2.09. The van der Waals surface area contributed by atoms with Crippen LogP contribution in [0.1, 0.15) is 34.8 Å². The molecule has 0 spiro atoms. The zero-order valence-electron chi connectivity index (χ0n) is 11.7. The van der Waals surface area contributed by atoms with Crippen molar-refractivity contribution in [3.8, 4) is 0 Å².